The van der Waals surface area contributed by atoms with Gasteiger partial charge in [0.25, 0.3) is 0 Å². The van der Waals surface area contributed by atoms with Gasteiger partial charge in [0, 0.05) is 49.3 Å². The van der Waals surface area contributed by atoms with Crippen LogP contribution in [0.3, 0.4) is 0 Å². The van der Waals surface area contributed by atoms with Crippen molar-refractivity contribution in [2.24, 2.45) is 0 Å². The molecule has 0 spiro atoms. The third kappa shape index (κ3) is 4.74. The van der Waals surface area contributed by atoms with Crippen molar-refractivity contribution in [3.05, 3.63) is 199 Å². The third-order valence-electron chi connectivity index (χ3n) is 12.5. The number of anilines is 3. The summed E-state index contributed by atoms with van der Waals surface area (Å²) in [6.45, 7) is 4.68. The van der Waals surface area contributed by atoms with E-state index in [-0.39, 0.29) is 5.41 Å². The average Bonchev–Trinajstić information content (AvgIpc) is 3.92. The smallest absolute Gasteiger partial charge is 0.159 e. The SMILES string of the molecule is CC1(C)c2ccccc2-c2ccc(N(c3ccc(-c4cc5c6cccc(-c7ccccc7)c6oc5c5ccccc45)cc3)c3cccc4c3oc3ccccc34)cc21. The van der Waals surface area contributed by atoms with Crippen LogP contribution in [-0.4, -0.2) is 0 Å². The molecule has 274 valence electrons. The zero-order valence-corrected chi connectivity index (χ0v) is 32.2. The Bertz CT molecular complexity index is 3420. The topological polar surface area (TPSA) is 29.5 Å². The fourth-order valence-corrected chi connectivity index (χ4v) is 9.66. The van der Waals surface area contributed by atoms with Crippen molar-refractivity contribution in [2.45, 2.75) is 19.3 Å². The lowest BCUT2D eigenvalue weighted by atomic mass is 9.82. The van der Waals surface area contributed by atoms with E-state index in [1.54, 1.807) is 0 Å². The van der Waals surface area contributed by atoms with E-state index in [0.29, 0.717) is 0 Å². The van der Waals surface area contributed by atoms with Crippen LogP contribution in [0.2, 0.25) is 0 Å². The summed E-state index contributed by atoms with van der Waals surface area (Å²) in [5.74, 6) is 0. The normalized spacial score (nSPS) is 13.1. The molecule has 0 amide bonds. The molecule has 2 heterocycles. The number of furan rings is 2. The molecule has 0 N–H and O–H groups in total. The van der Waals surface area contributed by atoms with Gasteiger partial charge in [-0.3, -0.25) is 0 Å². The van der Waals surface area contributed by atoms with E-state index in [4.69, 9.17) is 8.83 Å². The predicted octanol–water partition coefficient (Wildman–Crippen LogP) is 15.7. The number of rotatable bonds is 5. The van der Waals surface area contributed by atoms with Gasteiger partial charge in [-0.15, -0.1) is 0 Å². The van der Waals surface area contributed by atoms with E-state index < -0.39 is 0 Å². The average molecular weight is 744 g/mol. The maximum atomic E-state index is 6.80. The fourth-order valence-electron chi connectivity index (χ4n) is 9.66. The number of fused-ring (bicyclic) bond motifs is 11. The van der Waals surface area contributed by atoms with Crippen LogP contribution in [0.15, 0.2) is 197 Å². The van der Waals surface area contributed by atoms with Gasteiger partial charge in [0.15, 0.2) is 5.58 Å². The Hall–Kier alpha value is -7.36. The number of benzene rings is 9. The van der Waals surface area contributed by atoms with Gasteiger partial charge in [-0.05, 0) is 86.8 Å². The zero-order chi connectivity index (χ0) is 38.5. The van der Waals surface area contributed by atoms with Crippen molar-refractivity contribution in [1.82, 2.24) is 0 Å². The Morgan fingerprint density at radius 2 is 0.966 bits per heavy atom. The minimum absolute atomic E-state index is 0.137. The van der Waals surface area contributed by atoms with Gasteiger partial charge in [-0.2, -0.15) is 0 Å². The van der Waals surface area contributed by atoms with Crippen LogP contribution in [0.5, 0.6) is 0 Å². The van der Waals surface area contributed by atoms with Crippen molar-refractivity contribution >= 4 is 71.7 Å². The quantitative estimate of drug-likeness (QED) is 0.176. The summed E-state index contributed by atoms with van der Waals surface area (Å²) < 4.78 is 13.5. The highest BCUT2D eigenvalue weighted by Crippen LogP contribution is 2.52. The second-order valence-corrected chi connectivity index (χ2v) is 16.0. The summed E-state index contributed by atoms with van der Waals surface area (Å²) in [5.41, 5.74) is 16.5. The van der Waals surface area contributed by atoms with Gasteiger partial charge in [-0.25, -0.2) is 0 Å². The van der Waals surface area contributed by atoms with Crippen molar-refractivity contribution in [3.63, 3.8) is 0 Å². The first-order valence-electron chi connectivity index (χ1n) is 20.0. The van der Waals surface area contributed by atoms with E-state index in [1.807, 2.05) is 6.07 Å². The Labute approximate surface area is 336 Å². The van der Waals surface area contributed by atoms with Crippen molar-refractivity contribution in [2.75, 3.05) is 4.90 Å². The van der Waals surface area contributed by atoms with Gasteiger partial charge in [0.2, 0.25) is 0 Å². The molecule has 1 aliphatic carbocycles. The summed E-state index contributed by atoms with van der Waals surface area (Å²) in [5, 5.41) is 6.72. The van der Waals surface area contributed by atoms with E-state index in [2.05, 4.69) is 201 Å². The second-order valence-electron chi connectivity index (χ2n) is 16.0. The maximum absolute atomic E-state index is 6.80. The number of nitrogens with zero attached hydrogens (tertiary/aromatic N) is 1. The van der Waals surface area contributed by atoms with Gasteiger partial charge in [-0.1, -0.05) is 159 Å². The lowest BCUT2D eigenvalue weighted by Gasteiger charge is -2.28. The Kier molecular flexibility index (Phi) is 6.98. The third-order valence-corrected chi connectivity index (χ3v) is 12.5. The van der Waals surface area contributed by atoms with E-state index in [9.17, 15) is 0 Å². The zero-order valence-electron chi connectivity index (χ0n) is 32.2. The minimum Gasteiger partial charge on any atom is -0.455 e. The van der Waals surface area contributed by atoms with Crippen LogP contribution < -0.4 is 4.90 Å². The van der Waals surface area contributed by atoms with Crippen LogP contribution in [0.4, 0.5) is 17.1 Å². The largest absolute Gasteiger partial charge is 0.455 e. The molecule has 11 aromatic rings. The highest BCUT2D eigenvalue weighted by Gasteiger charge is 2.36. The molecule has 3 nitrogen and oxygen atoms in total. The highest BCUT2D eigenvalue weighted by molar-refractivity contribution is 6.20. The maximum Gasteiger partial charge on any atom is 0.159 e. The fraction of sp³-hybridized carbons (Fsp3) is 0.0545. The van der Waals surface area contributed by atoms with E-state index in [1.165, 1.54) is 27.8 Å². The monoisotopic (exact) mass is 743 g/mol. The Balaban J connectivity index is 1.04. The molecule has 12 rings (SSSR count). The summed E-state index contributed by atoms with van der Waals surface area (Å²) in [4.78, 5) is 2.36. The first-order chi connectivity index (χ1) is 28.5. The molecule has 9 aromatic carbocycles. The molecule has 58 heavy (non-hydrogen) atoms. The Morgan fingerprint density at radius 1 is 0.362 bits per heavy atom. The molecule has 0 atom stereocenters. The molecule has 2 aromatic heterocycles. The van der Waals surface area contributed by atoms with Crippen LogP contribution in [0.1, 0.15) is 25.0 Å². The summed E-state index contributed by atoms with van der Waals surface area (Å²) in [6, 6.07) is 67.5. The van der Waals surface area contributed by atoms with Gasteiger partial charge < -0.3 is 13.7 Å². The lowest BCUT2D eigenvalue weighted by Crippen LogP contribution is -2.16. The summed E-state index contributed by atoms with van der Waals surface area (Å²) in [7, 11) is 0. The van der Waals surface area contributed by atoms with E-state index >= 15 is 0 Å². The van der Waals surface area contributed by atoms with Crippen molar-refractivity contribution < 1.29 is 8.83 Å². The first kappa shape index (κ1) is 32.8. The molecular weight excluding hydrogens is 707 g/mol. The lowest BCUT2D eigenvalue weighted by molar-refractivity contribution is 0.660. The van der Waals surface area contributed by atoms with Crippen LogP contribution in [0, 0.1) is 0 Å². The van der Waals surface area contributed by atoms with Crippen LogP contribution in [0.25, 0.3) is 88.0 Å². The molecule has 0 bridgehead atoms. The van der Waals surface area contributed by atoms with E-state index in [0.717, 1.165) is 88.4 Å². The molecule has 1 aliphatic rings. The molecule has 0 saturated heterocycles. The molecule has 0 radical (unpaired) electrons. The molecule has 0 aliphatic heterocycles. The van der Waals surface area contributed by atoms with Crippen molar-refractivity contribution in [3.8, 4) is 33.4 Å². The minimum atomic E-state index is -0.137. The molecular formula is C55H37NO2. The predicted molar refractivity (Wildman–Crippen MR) is 242 cm³/mol. The molecule has 3 heteroatoms. The van der Waals surface area contributed by atoms with Crippen molar-refractivity contribution in [1.29, 1.82) is 0 Å². The summed E-state index contributed by atoms with van der Waals surface area (Å²) >= 11 is 0. The number of hydrogen-bond acceptors (Lipinski definition) is 3. The van der Waals surface area contributed by atoms with Crippen LogP contribution >= 0.6 is 0 Å². The number of para-hydroxylation sites is 3. The van der Waals surface area contributed by atoms with Gasteiger partial charge >= 0.3 is 0 Å². The molecule has 0 saturated carbocycles. The van der Waals surface area contributed by atoms with Gasteiger partial charge in [0.05, 0.1) is 5.69 Å². The first-order valence-corrected chi connectivity index (χ1v) is 20.0. The Morgan fingerprint density at radius 3 is 1.81 bits per heavy atom. The molecule has 0 unspecified atom stereocenters. The van der Waals surface area contributed by atoms with Crippen LogP contribution in [-0.2, 0) is 5.41 Å². The highest BCUT2D eigenvalue weighted by atomic mass is 16.3. The summed E-state index contributed by atoms with van der Waals surface area (Å²) in [6.07, 6.45) is 0. The molecule has 0 fully saturated rings. The number of hydrogen-bond donors (Lipinski definition) is 0. The van der Waals surface area contributed by atoms with Gasteiger partial charge in [0.1, 0.15) is 16.7 Å². The standard InChI is InChI=1S/C55H37NO2/c1-55(2)48-23-10-8-17-40(48)41-31-30-37(32-49(41)55)56(50-24-13-22-44-42-18-9-11-25-51(42)57-54(44)50)36-28-26-35(27-29-36)46-33-47-45-21-12-20-38(34-14-4-3-5-15-34)52(45)58-53(47)43-19-7-6-16-39(43)46/h3-33H,1-2H3. The second kappa shape index (κ2) is 12.3.